The SMILES string of the molecule is CC(C)c1ccc(OCCC(=O)N2CC3CCC(N)C3C2)cc1.Cl. The van der Waals surface area contributed by atoms with Crippen LogP contribution in [0.5, 0.6) is 5.75 Å². The second-order valence-corrected chi connectivity index (χ2v) is 7.29. The van der Waals surface area contributed by atoms with Gasteiger partial charge in [0.25, 0.3) is 0 Å². The Balaban J connectivity index is 0.00000208. The van der Waals surface area contributed by atoms with Crippen molar-refractivity contribution in [3.8, 4) is 5.75 Å². The zero-order valence-electron chi connectivity index (χ0n) is 14.6. The van der Waals surface area contributed by atoms with Gasteiger partial charge in [-0.15, -0.1) is 12.4 Å². The first-order chi connectivity index (χ1) is 11.0. The predicted molar refractivity (Wildman–Crippen MR) is 98.7 cm³/mol. The molecule has 0 radical (unpaired) electrons. The predicted octanol–water partition coefficient (Wildman–Crippen LogP) is 3.20. The molecule has 1 saturated heterocycles. The van der Waals surface area contributed by atoms with E-state index in [-0.39, 0.29) is 24.4 Å². The van der Waals surface area contributed by atoms with Crippen LogP contribution in [0.3, 0.4) is 0 Å². The fourth-order valence-electron chi connectivity index (χ4n) is 3.87. The van der Waals surface area contributed by atoms with Crippen molar-refractivity contribution in [2.75, 3.05) is 19.7 Å². The van der Waals surface area contributed by atoms with Gasteiger partial charge in [0.15, 0.2) is 0 Å². The average molecular weight is 353 g/mol. The van der Waals surface area contributed by atoms with Crippen LogP contribution in [0.15, 0.2) is 24.3 Å². The van der Waals surface area contributed by atoms with Crippen LogP contribution in [0.2, 0.25) is 0 Å². The molecule has 2 fully saturated rings. The second-order valence-electron chi connectivity index (χ2n) is 7.29. The maximum Gasteiger partial charge on any atom is 0.226 e. The fourth-order valence-corrected chi connectivity index (χ4v) is 3.87. The molecular formula is C19H29ClN2O2. The highest BCUT2D eigenvalue weighted by Crippen LogP contribution is 2.37. The van der Waals surface area contributed by atoms with Crippen LogP contribution in [0.25, 0.3) is 0 Å². The molecule has 1 aliphatic heterocycles. The Labute approximate surface area is 151 Å². The van der Waals surface area contributed by atoms with Crippen molar-refractivity contribution in [3.63, 3.8) is 0 Å². The van der Waals surface area contributed by atoms with E-state index in [4.69, 9.17) is 10.5 Å². The summed E-state index contributed by atoms with van der Waals surface area (Å²) in [5.74, 6) is 2.70. The molecule has 2 aliphatic rings. The standard InChI is InChI=1S/C19H28N2O2.ClH/c1-13(2)14-3-6-16(7-4-14)23-10-9-19(22)21-11-15-5-8-18(20)17(15)12-21;/h3-4,6-7,13,15,17-18H,5,8-12,20H2,1-2H3;1H. The summed E-state index contributed by atoms with van der Waals surface area (Å²) in [5.41, 5.74) is 7.43. The number of carbonyl (C=O) groups excluding carboxylic acids is 1. The average Bonchev–Trinajstić information content (AvgIpc) is 3.10. The highest BCUT2D eigenvalue weighted by atomic mass is 35.5. The molecule has 2 N–H and O–H groups in total. The normalized spacial score (nSPS) is 25.5. The molecule has 3 unspecified atom stereocenters. The van der Waals surface area contributed by atoms with E-state index in [9.17, 15) is 4.79 Å². The van der Waals surface area contributed by atoms with Gasteiger partial charge in [0.05, 0.1) is 13.0 Å². The van der Waals surface area contributed by atoms with Crippen molar-refractivity contribution in [3.05, 3.63) is 29.8 Å². The first-order valence-electron chi connectivity index (χ1n) is 8.80. The van der Waals surface area contributed by atoms with Crippen molar-refractivity contribution in [2.24, 2.45) is 17.6 Å². The van der Waals surface area contributed by atoms with Gasteiger partial charge in [0, 0.05) is 19.1 Å². The molecule has 4 nitrogen and oxygen atoms in total. The Bertz CT molecular complexity index is 547. The van der Waals surface area contributed by atoms with Gasteiger partial charge in [-0.05, 0) is 48.3 Å². The first kappa shape index (κ1) is 19.1. The van der Waals surface area contributed by atoms with Crippen LogP contribution in [-0.4, -0.2) is 36.5 Å². The molecule has 1 heterocycles. The zero-order valence-corrected chi connectivity index (χ0v) is 15.4. The van der Waals surface area contributed by atoms with Gasteiger partial charge in [0.2, 0.25) is 5.91 Å². The largest absolute Gasteiger partial charge is 0.493 e. The number of nitrogens with two attached hydrogens (primary N) is 1. The Kier molecular flexibility index (Phi) is 6.53. The molecule has 1 saturated carbocycles. The van der Waals surface area contributed by atoms with Crippen molar-refractivity contribution >= 4 is 18.3 Å². The van der Waals surface area contributed by atoms with Crippen LogP contribution in [-0.2, 0) is 4.79 Å². The lowest BCUT2D eigenvalue weighted by atomic mass is 9.98. The molecule has 1 aromatic rings. The number of hydrogen-bond donors (Lipinski definition) is 1. The molecule has 1 aliphatic carbocycles. The minimum atomic E-state index is 0. The molecule has 5 heteroatoms. The fraction of sp³-hybridized carbons (Fsp3) is 0.632. The van der Waals surface area contributed by atoms with Crippen molar-refractivity contribution in [2.45, 2.75) is 45.1 Å². The Morgan fingerprint density at radius 1 is 1.25 bits per heavy atom. The first-order valence-corrected chi connectivity index (χ1v) is 8.80. The number of amides is 1. The van der Waals surface area contributed by atoms with E-state index in [2.05, 4.69) is 26.0 Å². The Morgan fingerprint density at radius 2 is 1.96 bits per heavy atom. The topological polar surface area (TPSA) is 55.6 Å². The smallest absolute Gasteiger partial charge is 0.226 e. The highest BCUT2D eigenvalue weighted by molar-refractivity contribution is 5.85. The second kappa shape index (κ2) is 8.21. The third-order valence-corrected chi connectivity index (χ3v) is 5.40. The van der Waals surface area contributed by atoms with E-state index < -0.39 is 0 Å². The van der Waals surface area contributed by atoms with E-state index in [1.165, 1.54) is 12.0 Å². The molecule has 1 amide bonds. The van der Waals surface area contributed by atoms with Gasteiger partial charge in [0.1, 0.15) is 5.75 Å². The Hall–Kier alpha value is -1.26. The van der Waals surface area contributed by atoms with Gasteiger partial charge in [-0.1, -0.05) is 26.0 Å². The molecule has 3 atom stereocenters. The Morgan fingerprint density at radius 3 is 2.58 bits per heavy atom. The van der Waals surface area contributed by atoms with E-state index in [0.29, 0.717) is 30.8 Å². The summed E-state index contributed by atoms with van der Waals surface area (Å²) < 4.78 is 5.71. The summed E-state index contributed by atoms with van der Waals surface area (Å²) in [7, 11) is 0. The number of rotatable bonds is 5. The number of nitrogens with zero attached hydrogens (tertiary/aromatic N) is 1. The molecule has 134 valence electrons. The molecule has 0 bridgehead atoms. The van der Waals surface area contributed by atoms with Crippen LogP contribution < -0.4 is 10.5 Å². The monoisotopic (exact) mass is 352 g/mol. The summed E-state index contributed by atoms with van der Waals surface area (Å²) >= 11 is 0. The minimum absolute atomic E-state index is 0. The van der Waals surface area contributed by atoms with Gasteiger partial charge in [-0.3, -0.25) is 4.79 Å². The lowest BCUT2D eigenvalue weighted by Gasteiger charge is -2.19. The van der Waals surface area contributed by atoms with E-state index in [1.807, 2.05) is 17.0 Å². The summed E-state index contributed by atoms with van der Waals surface area (Å²) in [4.78, 5) is 14.3. The van der Waals surface area contributed by atoms with Crippen molar-refractivity contribution in [1.82, 2.24) is 4.90 Å². The zero-order chi connectivity index (χ0) is 16.4. The summed E-state index contributed by atoms with van der Waals surface area (Å²) in [5, 5.41) is 0. The third-order valence-electron chi connectivity index (χ3n) is 5.40. The van der Waals surface area contributed by atoms with Crippen LogP contribution in [0, 0.1) is 11.8 Å². The van der Waals surface area contributed by atoms with Crippen LogP contribution in [0.1, 0.15) is 44.6 Å². The summed E-state index contributed by atoms with van der Waals surface area (Å²) in [6.07, 6.45) is 2.74. The minimum Gasteiger partial charge on any atom is -0.493 e. The number of carbonyl (C=O) groups is 1. The number of fused-ring (bicyclic) bond motifs is 1. The molecular weight excluding hydrogens is 324 g/mol. The van der Waals surface area contributed by atoms with Gasteiger partial charge in [-0.2, -0.15) is 0 Å². The molecule has 1 aromatic carbocycles. The van der Waals surface area contributed by atoms with Crippen LogP contribution in [0.4, 0.5) is 0 Å². The molecule has 24 heavy (non-hydrogen) atoms. The lowest BCUT2D eigenvalue weighted by Crippen LogP contribution is -2.34. The molecule has 0 aromatic heterocycles. The molecule has 0 spiro atoms. The maximum absolute atomic E-state index is 12.3. The number of benzene rings is 1. The number of ether oxygens (including phenoxy) is 1. The van der Waals surface area contributed by atoms with Gasteiger partial charge < -0.3 is 15.4 Å². The third kappa shape index (κ3) is 4.22. The molecule has 3 rings (SSSR count). The maximum atomic E-state index is 12.3. The van der Waals surface area contributed by atoms with E-state index >= 15 is 0 Å². The number of hydrogen-bond acceptors (Lipinski definition) is 3. The highest BCUT2D eigenvalue weighted by Gasteiger charge is 2.42. The summed E-state index contributed by atoms with van der Waals surface area (Å²) in [6.45, 7) is 6.52. The summed E-state index contributed by atoms with van der Waals surface area (Å²) in [6, 6.07) is 8.43. The lowest BCUT2D eigenvalue weighted by molar-refractivity contribution is -0.131. The van der Waals surface area contributed by atoms with E-state index in [0.717, 1.165) is 25.3 Å². The van der Waals surface area contributed by atoms with Gasteiger partial charge in [-0.25, -0.2) is 0 Å². The quantitative estimate of drug-likeness (QED) is 0.885. The number of likely N-dealkylation sites (tertiary alicyclic amines) is 1. The number of halogens is 1. The van der Waals surface area contributed by atoms with Crippen LogP contribution >= 0.6 is 12.4 Å². The van der Waals surface area contributed by atoms with Gasteiger partial charge >= 0.3 is 0 Å². The van der Waals surface area contributed by atoms with E-state index in [1.54, 1.807) is 0 Å². The van der Waals surface area contributed by atoms with Crippen molar-refractivity contribution < 1.29 is 9.53 Å². The van der Waals surface area contributed by atoms with Crippen molar-refractivity contribution in [1.29, 1.82) is 0 Å².